The van der Waals surface area contributed by atoms with E-state index in [1.165, 1.54) is 0 Å². The second kappa shape index (κ2) is 5.31. The maximum Gasteiger partial charge on any atom is 0.239 e. The lowest BCUT2D eigenvalue weighted by atomic mass is 10.3. The average Bonchev–Trinajstić information content (AvgIpc) is 2.95. The van der Waals surface area contributed by atoms with E-state index in [0.717, 1.165) is 31.6 Å². The highest BCUT2D eigenvalue weighted by atomic mass is 16.2. The summed E-state index contributed by atoms with van der Waals surface area (Å²) in [5.41, 5.74) is 0.966. The van der Waals surface area contributed by atoms with E-state index in [2.05, 4.69) is 10.4 Å². The van der Waals surface area contributed by atoms with Gasteiger partial charge in [-0.2, -0.15) is 5.10 Å². The van der Waals surface area contributed by atoms with Gasteiger partial charge in [-0.05, 0) is 25.8 Å². The average molecular weight is 236 g/mol. The Bertz CT molecular complexity index is 382. The fourth-order valence-electron chi connectivity index (χ4n) is 2.11. The third kappa shape index (κ3) is 3.06. The summed E-state index contributed by atoms with van der Waals surface area (Å²) in [6.45, 7) is 4.38. The van der Waals surface area contributed by atoms with Gasteiger partial charge in [-0.25, -0.2) is 0 Å². The molecule has 2 rings (SSSR count). The fourth-order valence-corrected chi connectivity index (χ4v) is 2.11. The molecule has 2 heterocycles. The summed E-state index contributed by atoms with van der Waals surface area (Å²) in [5, 5.41) is 7.49. The lowest BCUT2D eigenvalue weighted by Gasteiger charge is -2.20. The lowest BCUT2D eigenvalue weighted by Crippen LogP contribution is -2.43. The largest absolute Gasteiger partial charge is 0.341 e. The number of nitrogens with zero attached hydrogens (tertiary/aromatic N) is 3. The van der Waals surface area contributed by atoms with Crippen LogP contribution >= 0.6 is 0 Å². The third-order valence-electron chi connectivity index (χ3n) is 3.15. The molecule has 5 heteroatoms. The summed E-state index contributed by atoms with van der Waals surface area (Å²) in [6, 6.07) is 1.83. The van der Waals surface area contributed by atoms with E-state index in [9.17, 15) is 4.79 Å². The van der Waals surface area contributed by atoms with Crippen LogP contribution in [-0.4, -0.2) is 39.7 Å². The van der Waals surface area contributed by atoms with E-state index in [4.69, 9.17) is 0 Å². The molecule has 0 radical (unpaired) electrons. The molecule has 0 aromatic carbocycles. The number of aromatic nitrogens is 2. The van der Waals surface area contributed by atoms with Crippen LogP contribution in [-0.2, 0) is 18.4 Å². The topological polar surface area (TPSA) is 50.2 Å². The Balaban J connectivity index is 1.80. The molecule has 1 unspecified atom stereocenters. The van der Waals surface area contributed by atoms with Gasteiger partial charge in [0, 0.05) is 32.9 Å². The highest BCUT2D eigenvalue weighted by Gasteiger charge is 2.22. The van der Waals surface area contributed by atoms with E-state index in [1.54, 1.807) is 4.68 Å². The monoisotopic (exact) mass is 236 g/mol. The number of carbonyl (C=O) groups excluding carboxylic acids is 1. The number of hydrogen-bond donors (Lipinski definition) is 1. The molecule has 0 spiro atoms. The number of hydrogen-bond acceptors (Lipinski definition) is 3. The molecule has 1 saturated heterocycles. The minimum atomic E-state index is -0.130. The first-order chi connectivity index (χ1) is 8.16. The fraction of sp³-hybridized carbons (Fsp3) is 0.667. The summed E-state index contributed by atoms with van der Waals surface area (Å²) in [5.74, 6) is 0.207. The van der Waals surface area contributed by atoms with Gasteiger partial charge in [0.15, 0.2) is 0 Å². The molecule has 1 amide bonds. The maximum absolute atomic E-state index is 12.0. The van der Waals surface area contributed by atoms with Gasteiger partial charge in [-0.1, -0.05) is 0 Å². The molecule has 1 aromatic rings. The van der Waals surface area contributed by atoms with Crippen LogP contribution in [0.1, 0.15) is 25.5 Å². The van der Waals surface area contributed by atoms with Gasteiger partial charge in [0.25, 0.3) is 0 Å². The summed E-state index contributed by atoms with van der Waals surface area (Å²) < 4.78 is 1.77. The van der Waals surface area contributed by atoms with Crippen molar-refractivity contribution in [2.24, 2.45) is 7.05 Å². The normalized spacial score (nSPS) is 17.4. The number of rotatable bonds is 4. The number of aryl methyl sites for hydroxylation is 1. The van der Waals surface area contributed by atoms with Crippen molar-refractivity contribution < 1.29 is 4.79 Å². The molecule has 1 aliphatic rings. The van der Waals surface area contributed by atoms with E-state index < -0.39 is 0 Å². The SMILES string of the molecule is CC(NCc1ccn(C)n1)C(=O)N1CCCC1. The van der Waals surface area contributed by atoms with E-state index in [-0.39, 0.29) is 11.9 Å². The number of carbonyl (C=O) groups is 1. The van der Waals surface area contributed by atoms with Crippen LogP contribution < -0.4 is 5.32 Å². The standard InChI is InChI=1S/C12H20N4O/c1-10(12(17)16-6-3-4-7-16)13-9-11-5-8-15(2)14-11/h5,8,10,13H,3-4,6-7,9H2,1-2H3. The van der Waals surface area contributed by atoms with Crippen molar-refractivity contribution >= 4 is 5.91 Å². The molecule has 0 aliphatic carbocycles. The predicted octanol–water partition coefficient (Wildman–Crippen LogP) is 0.521. The van der Waals surface area contributed by atoms with Crippen molar-refractivity contribution in [2.45, 2.75) is 32.4 Å². The van der Waals surface area contributed by atoms with Crippen molar-refractivity contribution in [1.82, 2.24) is 20.0 Å². The van der Waals surface area contributed by atoms with Gasteiger partial charge in [-0.15, -0.1) is 0 Å². The first-order valence-electron chi connectivity index (χ1n) is 6.17. The van der Waals surface area contributed by atoms with Crippen molar-refractivity contribution in [3.05, 3.63) is 18.0 Å². The van der Waals surface area contributed by atoms with Crippen LogP contribution in [0.25, 0.3) is 0 Å². The van der Waals surface area contributed by atoms with Crippen LogP contribution in [0.4, 0.5) is 0 Å². The second-order valence-corrected chi connectivity index (χ2v) is 4.62. The Labute approximate surface area is 102 Å². The number of nitrogens with one attached hydrogen (secondary N) is 1. The first-order valence-corrected chi connectivity index (χ1v) is 6.17. The van der Waals surface area contributed by atoms with Crippen LogP contribution in [0.2, 0.25) is 0 Å². The van der Waals surface area contributed by atoms with Gasteiger partial charge in [-0.3, -0.25) is 9.48 Å². The molecule has 0 saturated carbocycles. The number of likely N-dealkylation sites (tertiary alicyclic amines) is 1. The zero-order chi connectivity index (χ0) is 12.3. The Hall–Kier alpha value is -1.36. The Morgan fingerprint density at radius 1 is 1.53 bits per heavy atom. The highest BCUT2D eigenvalue weighted by molar-refractivity contribution is 5.81. The molecule has 17 heavy (non-hydrogen) atoms. The van der Waals surface area contributed by atoms with Gasteiger partial charge < -0.3 is 10.2 Å². The first kappa shape index (κ1) is 12.1. The van der Waals surface area contributed by atoms with Crippen LogP contribution in [0.5, 0.6) is 0 Å². The van der Waals surface area contributed by atoms with Crippen molar-refractivity contribution in [3.63, 3.8) is 0 Å². The quantitative estimate of drug-likeness (QED) is 0.829. The molecular weight excluding hydrogens is 216 g/mol. The molecule has 1 fully saturated rings. The van der Waals surface area contributed by atoms with Gasteiger partial charge >= 0.3 is 0 Å². The smallest absolute Gasteiger partial charge is 0.239 e. The van der Waals surface area contributed by atoms with Gasteiger partial charge in [0.2, 0.25) is 5.91 Å². The van der Waals surface area contributed by atoms with Gasteiger partial charge in [0.05, 0.1) is 11.7 Å². The zero-order valence-electron chi connectivity index (χ0n) is 10.5. The molecule has 1 atom stereocenters. The summed E-state index contributed by atoms with van der Waals surface area (Å²) in [4.78, 5) is 14.0. The lowest BCUT2D eigenvalue weighted by molar-refractivity contribution is -0.131. The molecular formula is C12H20N4O. The second-order valence-electron chi connectivity index (χ2n) is 4.62. The summed E-state index contributed by atoms with van der Waals surface area (Å²) >= 11 is 0. The summed E-state index contributed by atoms with van der Waals surface area (Å²) in [6.07, 6.45) is 4.18. The maximum atomic E-state index is 12.0. The minimum Gasteiger partial charge on any atom is -0.341 e. The van der Waals surface area contributed by atoms with Crippen molar-refractivity contribution in [3.8, 4) is 0 Å². The van der Waals surface area contributed by atoms with Crippen molar-refractivity contribution in [2.75, 3.05) is 13.1 Å². The molecule has 1 N–H and O–H groups in total. The van der Waals surface area contributed by atoms with Gasteiger partial charge in [0.1, 0.15) is 0 Å². The predicted molar refractivity (Wildman–Crippen MR) is 65.3 cm³/mol. The van der Waals surface area contributed by atoms with Crippen LogP contribution in [0.3, 0.4) is 0 Å². The molecule has 1 aromatic heterocycles. The Kier molecular flexibility index (Phi) is 3.78. The molecule has 5 nitrogen and oxygen atoms in total. The highest BCUT2D eigenvalue weighted by Crippen LogP contribution is 2.09. The van der Waals surface area contributed by atoms with E-state index in [0.29, 0.717) is 6.54 Å². The van der Waals surface area contributed by atoms with E-state index >= 15 is 0 Å². The molecule has 0 bridgehead atoms. The third-order valence-corrected chi connectivity index (χ3v) is 3.15. The molecule has 94 valence electrons. The van der Waals surface area contributed by atoms with E-state index in [1.807, 2.05) is 31.1 Å². The number of amides is 1. The van der Waals surface area contributed by atoms with Crippen LogP contribution in [0, 0.1) is 0 Å². The summed E-state index contributed by atoms with van der Waals surface area (Å²) in [7, 11) is 1.89. The zero-order valence-corrected chi connectivity index (χ0v) is 10.5. The van der Waals surface area contributed by atoms with Crippen molar-refractivity contribution in [1.29, 1.82) is 0 Å². The van der Waals surface area contributed by atoms with Crippen LogP contribution in [0.15, 0.2) is 12.3 Å². The molecule has 1 aliphatic heterocycles. The minimum absolute atomic E-state index is 0.130. The Morgan fingerprint density at radius 3 is 2.82 bits per heavy atom. The Morgan fingerprint density at radius 2 is 2.24 bits per heavy atom.